The highest BCUT2D eigenvalue weighted by Crippen LogP contribution is 2.23. The molecule has 0 aromatic heterocycles. The van der Waals surface area contributed by atoms with E-state index in [2.05, 4.69) is 42.7 Å². The normalized spacial score (nSPS) is 16.4. The molecule has 1 unspecified atom stereocenters. The van der Waals surface area contributed by atoms with Gasteiger partial charge in [0.25, 0.3) is 0 Å². The summed E-state index contributed by atoms with van der Waals surface area (Å²) in [6, 6.07) is 6.28. The number of nitrogens with one attached hydrogen (secondary N) is 2. The second-order valence-electron chi connectivity index (χ2n) is 6.88. The molecule has 2 N–H and O–H groups in total. The molecule has 1 saturated heterocycles. The highest BCUT2D eigenvalue weighted by atomic mass is 127. The lowest BCUT2D eigenvalue weighted by Gasteiger charge is -2.15. The molecule has 1 aromatic rings. The predicted molar refractivity (Wildman–Crippen MR) is 127 cm³/mol. The molecule has 7 nitrogen and oxygen atoms in total. The first-order valence-electron chi connectivity index (χ1n) is 10.1. The van der Waals surface area contributed by atoms with Crippen molar-refractivity contribution in [1.82, 2.24) is 10.6 Å². The van der Waals surface area contributed by atoms with Gasteiger partial charge in [-0.1, -0.05) is 12.1 Å². The highest BCUT2D eigenvalue weighted by Gasteiger charge is 2.17. The summed E-state index contributed by atoms with van der Waals surface area (Å²) < 4.78 is 22.0. The van der Waals surface area contributed by atoms with Crippen LogP contribution in [0.1, 0.15) is 24.5 Å². The maximum Gasteiger partial charge on any atom is 0.191 e. The van der Waals surface area contributed by atoms with Crippen molar-refractivity contribution in [2.75, 3.05) is 59.8 Å². The van der Waals surface area contributed by atoms with E-state index in [0.717, 1.165) is 43.5 Å². The standard InChI is InChI=1S/C21H35N3O4.HI/c1-4-22-21(23-8-10-26-12-11-25-3)24-14-19-6-5-17(2)13-20(19)28-16-18-7-9-27-15-18;/h5-6,13,18H,4,7-12,14-16H2,1-3H3,(H2,22,23,24);1H. The molecule has 0 aliphatic carbocycles. The summed E-state index contributed by atoms with van der Waals surface area (Å²) in [7, 11) is 1.67. The molecule has 0 radical (unpaired) electrons. The molecule has 0 amide bonds. The van der Waals surface area contributed by atoms with Crippen molar-refractivity contribution >= 4 is 29.9 Å². The zero-order valence-electron chi connectivity index (χ0n) is 17.9. The van der Waals surface area contributed by atoms with Crippen LogP contribution in [-0.4, -0.2) is 65.8 Å². The Hall–Kier alpha value is -1.10. The first-order chi connectivity index (χ1) is 13.7. The van der Waals surface area contributed by atoms with Gasteiger partial charge in [-0.2, -0.15) is 0 Å². The Morgan fingerprint density at radius 3 is 2.83 bits per heavy atom. The summed E-state index contributed by atoms with van der Waals surface area (Å²) in [5, 5.41) is 6.55. The lowest BCUT2D eigenvalue weighted by molar-refractivity contribution is 0.0733. The number of benzene rings is 1. The molecule has 1 heterocycles. The Morgan fingerprint density at radius 1 is 1.24 bits per heavy atom. The van der Waals surface area contributed by atoms with Gasteiger partial charge in [0, 0.05) is 38.3 Å². The van der Waals surface area contributed by atoms with Crippen LogP contribution in [0, 0.1) is 12.8 Å². The maximum absolute atomic E-state index is 6.11. The minimum atomic E-state index is 0. The van der Waals surface area contributed by atoms with Gasteiger partial charge in [0.1, 0.15) is 5.75 Å². The number of guanidine groups is 1. The molecule has 0 saturated carbocycles. The second-order valence-corrected chi connectivity index (χ2v) is 6.88. The number of aryl methyl sites for hydroxylation is 1. The summed E-state index contributed by atoms with van der Waals surface area (Å²) in [5.41, 5.74) is 2.27. The van der Waals surface area contributed by atoms with Crippen molar-refractivity contribution in [2.45, 2.75) is 26.8 Å². The monoisotopic (exact) mass is 521 g/mol. The van der Waals surface area contributed by atoms with Crippen LogP contribution in [-0.2, 0) is 20.8 Å². The Balaban J connectivity index is 0.00000420. The average molecular weight is 521 g/mol. The van der Waals surface area contributed by atoms with Crippen LogP contribution in [0.15, 0.2) is 23.2 Å². The summed E-state index contributed by atoms with van der Waals surface area (Å²) in [6.07, 6.45) is 1.07. The summed E-state index contributed by atoms with van der Waals surface area (Å²) in [5.74, 6) is 2.16. The van der Waals surface area contributed by atoms with Gasteiger partial charge < -0.3 is 29.6 Å². The minimum Gasteiger partial charge on any atom is -0.493 e. The third-order valence-electron chi connectivity index (χ3n) is 4.44. The molecule has 29 heavy (non-hydrogen) atoms. The smallest absolute Gasteiger partial charge is 0.191 e. The molecule has 8 heteroatoms. The number of hydrogen-bond donors (Lipinski definition) is 2. The first-order valence-corrected chi connectivity index (χ1v) is 10.1. The highest BCUT2D eigenvalue weighted by molar-refractivity contribution is 14.0. The molecule has 0 bridgehead atoms. The molecular formula is C21H36IN3O4. The lowest BCUT2D eigenvalue weighted by Crippen LogP contribution is -2.39. The van der Waals surface area contributed by atoms with E-state index in [1.807, 2.05) is 0 Å². The quantitative estimate of drug-likeness (QED) is 0.191. The Labute approximate surface area is 191 Å². The van der Waals surface area contributed by atoms with E-state index < -0.39 is 0 Å². The van der Waals surface area contributed by atoms with Gasteiger partial charge in [-0.3, -0.25) is 0 Å². The Kier molecular flexibility index (Phi) is 14.0. The van der Waals surface area contributed by atoms with Crippen LogP contribution < -0.4 is 15.4 Å². The first kappa shape index (κ1) is 25.9. The van der Waals surface area contributed by atoms with E-state index in [9.17, 15) is 0 Å². The number of aliphatic imine (C=N–C) groups is 1. The molecule has 2 rings (SSSR count). The van der Waals surface area contributed by atoms with E-state index in [1.165, 1.54) is 5.56 Å². The van der Waals surface area contributed by atoms with Crippen molar-refractivity contribution in [3.05, 3.63) is 29.3 Å². The van der Waals surface area contributed by atoms with Crippen molar-refractivity contribution < 1.29 is 18.9 Å². The van der Waals surface area contributed by atoms with Crippen LogP contribution in [0.2, 0.25) is 0 Å². The third kappa shape index (κ3) is 10.5. The number of hydrogen-bond acceptors (Lipinski definition) is 5. The van der Waals surface area contributed by atoms with Gasteiger partial charge in [-0.15, -0.1) is 24.0 Å². The van der Waals surface area contributed by atoms with Crippen LogP contribution >= 0.6 is 24.0 Å². The van der Waals surface area contributed by atoms with Crippen LogP contribution in [0.3, 0.4) is 0 Å². The largest absolute Gasteiger partial charge is 0.493 e. The number of rotatable bonds is 12. The molecule has 1 fully saturated rings. The fraction of sp³-hybridized carbons (Fsp3) is 0.667. The molecule has 1 aliphatic rings. The number of methoxy groups -OCH3 is 1. The van der Waals surface area contributed by atoms with Crippen molar-refractivity contribution in [3.63, 3.8) is 0 Å². The zero-order chi connectivity index (χ0) is 20.0. The summed E-state index contributed by atoms with van der Waals surface area (Å²) in [6.45, 7) is 10.3. The fourth-order valence-corrected chi connectivity index (χ4v) is 2.84. The zero-order valence-corrected chi connectivity index (χ0v) is 20.2. The van der Waals surface area contributed by atoms with Gasteiger partial charge >= 0.3 is 0 Å². The molecule has 1 aliphatic heterocycles. The van der Waals surface area contributed by atoms with Crippen LogP contribution in [0.5, 0.6) is 5.75 Å². The van der Waals surface area contributed by atoms with Gasteiger partial charge in [-0.05, 0) is 31.9 Å². The fourth-order valence-electron chi connectivity index (χ4n) is 2.84. The van der Waals surface area contributed by atoms with Gasteiger partial charge in [0.15, 0.2) is 5.96 Å². The molecular weight excluding hydrogens is 485 g/mol. The maximum atomic E-state index is 6.11. The molecule has 0 spiro atoms. The molecule has 1 aromatic carbocycles. The van der Waals surface area contributed by atoms with Gasteiger partial charge in [0.2, 0.25) is 0 Å². The van der Waals surface area contributed by atoms with Crippen molar-refractivity contribution in [3.8, 4) is 5.75 Å². The number of nitrogens with zero attached hydrogens (tertiary/aromatic N) is 1. The van der Waals surface area contributed by atoms with Crippen LogP contribution in [0.25, 0.3) is 0 Å². The molecule has 166 valence electrons. The third-order valence-corrected chi connectivity index (χ3v) is 4.44. The Bertz CT molecular complexity index is 595. The van der Waals surface area contributed by atoms with E-state index in [-0.39, 0.29) is 24.0 Å². The topological polar surface area (TPSA) is 73.3 Å². The van der Waals surface area contributed by atoms with E-state index >= 15 is 0 Å². The summed E-state index contributed by atoms with van der Waals surface area (Å²) >= 11 is 0. The second kappa shape index (κ2) is 15.7. The predicted octanol–water partition coefficient (Wildman–Crippen LogP) is 2.75. The van der Waals surface area contributed by atoms with Gasteiger partial charge in [-0.25, -0.2) is 4.99 Å². The van der Waals surface area contributed by atoms with E-state index in [0.29, 0.717) is 45.4 Å². The van der Waals surface area contributed by atoms with E-state index in [1.54, 1.807) is 7.11 Å². The minimum absolute atomic E-state index is 0. The number of halogens is 1. The SMILES string of the molecule is CCNC(=NCc1ccc(C)cc1OCC1CCOC1)NCCOCCOC.I. The average Bonchev–Trinajstić information content (AvgIpc) is 3.21. The molecule has 1 atom stereocenters. The van der Waals surface area contributed by atoms with Crippen molar-refractivity contribution in [2.24, 2.45) is 10.9 Å². The summed E-state index contributed by atoms with van der Waals surface area (Å²) in [4.78, 5) is 4.70. The van der Waals surface area contributed by atoms with Gasteiger partial charge in [0.05, 0.1) is 39.6 Å². The van der Waals surface area contributed by atoms with Crippen LogP contribution in [0.4, 0.5) is 0 Å². The van der Waals surface area contributed by atoms with Crippen molar-refractivity contribution in [1.29, 1.82) is 0 Å². The lowest BCUT2D eigenvalue weighted by atomic mass is 10.1. The Morgan fingerprint density at radius 2 is 2.10 bits per heavy atom. The number of ether oxygens (including phenoxy) is 4. The van der Waals surface area contributed by atoms with E-state index in [4.69, 9.17) is 23.9 Å².